The Morgan fingerprint density at radius 1 is 1.22 bits per heavy atom. The second-order valence-corrected chi connectivity index (χ2v) is 7.14. The summed E-state index contributed by atoms with van der Waals surface area (Å²) in [4.78, 5) is 21.7. The number of fused-ring (bicyclic) bond motifs is 1. The largest absolute Gasteiger partial charge is 0.497 e. The van der Waals surface area contributed by atoms with Crippen molar-refractivity contribution in [3.8, 4) is 11.5 Å². The second kappa shape index (κ2) is 7.47. The van der Waals surface area contributed by atoms with Crippen LogP contribution < -0.4 is 14.4 Å². The Kier molecular flexibility index (Phi) is 4.88. The van der Waals surface area contributed by atoms with Crippen LogP contribution in [0.2, 0.25) is 0 Å². The van der Waals surface area contributed by atoms with Crippen LogP contribution in [0.3, 0.4) is 0 Å². The lowest BCUT2D eigenvalue weighted by Gasteiger charge is -2.38. The Bertz CT molecular complexity index is 831. The molecular weight excluding hydrogens is 342 g/mol. The molecule has 2 aromatic rings. The minimum Gasteiger partial charge on any atom is -0.497 e. The first-order valence-electron chi connectivity index (χ1n) is 9.41. The summed E-state index contributed by atoms with van der Waals surface area (Å²) in [6, 6.07) is 9.80. The molecular formula is C21H25N3O3. The van der Waals surface area contributed by atoms with Gasteiger partial charge in [0.15, 0.2) is 0 Å². The fourth-order valence-corrected chi connectivity index (χ4v) is 3.86. The lowest BCUT2D eigenvalue weighted by atomic mass is 9.95. The molecule has 1 atom stereocenters. The maximum absolute atomic E-state index is 13.0. The summed E-state index contributed by atoms with van der Waals surface area (Å²) in [5.74, 6) is 2.72. The van der Waals surface area contributed by atoms with Gasteiger partial charge in [-0.3, -0.25) is 4.79 Å². The lowest BCUT2D eigenvalue weighted by molar-refractivity contribution is -0.137. The number of benzene rings is 1. The number of ether oxygens (including phenoxy) is 2. The lowest BCUT2D eigenvalue weighted by Crippen LogP contribution is -2.52. The molecule has 6 heteroatoms. The van der Waals surface area contributed by atoms with Crippen LogP contribution in [0.4, 0.5) is 5.82 Å². The minimum atomic E-state index is -0.132. The summed E-state index contributed by atoms with van der Waals surface area (Å²) in [6.45, 7) is 5.57. The number of anilines is 1. The van der Waals surface area contributed by atoms with E-state index in [1.165, 1.54) is 5.56 Å². The molecule has 1 fully saturated rings. The number of nitrogens with zero attached hydrogens (tertiary/aromatic N) is 3. The summed E-state index contributed by atoms with van der Waals surface area (Å²) < 4.78 is 11.1. The highest BCUT2D eigenvalue weighted by atomic mass is 16.5. The third-order valence-corrected chi connectivity index (χ3v) is 5.40. The van der Waals surface area contributed by atoms with Crippen LogP contribution in [0.5, 0.6) is 11.5 Å². The SMILES string of the molecule is COc1ccc2c(c1)CC(C(=O)N1CCN(c3ncccc3C)CC1)CO2. The summed E-state index contributed by atoms with van der Waals surface area (Å²) in [7, 11) is 1.65. The van der Waals surface area contributed by atoms with E-state index in [1.807, 2.05) is 35.4 Å². The summed E-state index contributed by atoms with van der Waals surface area (Å²) in [5, 5.41) is 0. The van der Waals surface area contributed by atoms with Gasteiger partial charge >= 0.3 is 0 Å². The van der Waals surface area contributed by atoms with Crippen molar-refractivity contribution in [2.75, 3.05) is 44.8 Å². The number of amides is 1. The molecule has 1 amide bonds. The van der Waals surface area contributed by atoms with E-state index in [2.05, 4.69) is 22.9 Å². The molecule has 0 radical (unpaired) electrons. The molecule has 1 unspecified atom stereocenters. The maximum atomic E-state index is 13.0. The van der Waals surface area contributed by atoms with Crippen LogP contribution >= 0.6 is 0 Å². The van der Waals surface area contributed by atoms with Gasteiger partial charge < -0.3 is 19.3 Å². The number of piperazine rings is 1. The van der Waals surface area contributed by atoms with E-state index in [-0.39, 0.29) is 11.8 Å². The average Bonchev–Trinajstić information content (AvgIpc) is 2.73. The van der Waals surface area contributed by atoms with Gasteiger partial charge in [-0.05, 0) is 48.7 Å². The number of hydrogen-bond acceptors (Lipinski definition) is 5. The summed E-state index contributed by atoms with van der Waals surface area (Å²) >= 11 is 0. The first-order chi connectivity index (χ1) is 13.2. The van der Waals surface area contributed by atoms with E-state index in [9.17, 15) is 4.79 Å². The van der Waals surface area contributed by atoms with E-state index in [4.69, 9.17) is 9.47 Å². The van der Waals surface area contributed by atoms with Crippen LogP contribution in [-0.4, -0.2) is 55.7 Å². The van der Waals surface area contributed by atoms with Crippen molar-refractivity contribution in [2.45, 2.75) is 13.3 Å². The highest BCUT2D eigenvalue weighted by Gasteiger charge is 2.31. The summed E-state index contributed by atoms with van der Waals surface area (Å²) in [5.41, 5.74) is 2.21. The van der Waals surface area contributed by atoms with Gasteiger partial charge in [-0.15, -0.1) is 0 Å². The molecule has 6 nitrogen and oxygen atoms in total. The van der Waals surface area contributed by atoms with Crippen molar-refractivity contribution in [3.63, 3.8) is 0 Å². The van der Waals surface area contributed by atoms with Gasteiger partial charge in [0, 0.05) is 32.4 Å². The van der Waals surface area contributed by atoms with Gasteiger partial charge in [-0.1, -0.05) is 6.07 Å². The normalized spacial score (nSPS) is 19.3. The summed E-state index contributed by atoms with van der Waals surface area (Å²) in [6.07, 6.45) is 2.52. The van der Waals surface area contributed by atoms with E-state index < -0.39 is 0 Å². The molecule has 3 heterocycles. The van der Waals surface area contributed by atoms with Crippen molar-refractivity contribution < 1.29 is 14.3 Å². The number of aryl methyl sites for hydroxylation is 1. The monoisotopic (exact) mass is 367 g/mol. The van der Waals surface area contributed by atoms with Crippen LogP contribution in [-0.2, 0) is 11.2 Å². The van der Waals surface area contributed by atoms with Gasteiger partial charge in [0.2, 0.25) is 5.91 Å². The van der Waals surface area contributed by atoms with E-state index >= 15 is 0 Å². The zero-order valence-corrected chi connectivity index (χ0v) is 15.9. The van der Waals surface area contributed by atoms with Crippen LogP contribution in [0.25, 0.3) is 0 Å². The number of methoxy groups -OCH3 is 1. The van der Waals surface area contributed by atoms with Gasteiger partial charge in [-0.25, -0.2) is 4.98 Å². The van der Waals surface area contributed by atoms with E-state index in [1.54, 1.807) is 7.11 Å². The molecule has 4 rings (SSSR count). The third-order valence-electron chi connectivity index (χ3n) is 5.40. The molecule has 142 valence electrons. The number of rotatable bonds is 3. The quantitative estimate of drug-likeness (QED) is 0.833. The fraction of sp³-hybridized carbons (Fsp3) is 0.429. The van der Waals surface area contributed by atoms with Crippen LogP contribution in [0.15, 0.2) is 36.5 Å². The molecule has 0 saturated carbocycles. The first kappa shape index (κ1) is 17.6. The Morgan fingerprint density at radius 2 is 2.04 bits per heavy atom. The molecule has 0 bridgehead atoms. The van der Waals surface area contributed by atoms with Crippen molar-refractivity contribution in [2.24, 2.45) is 5.92 Å². The predicted molar refractivity (Wildman–Crippen MR) is 103 cm³/mol. The fourth-order valence-electron chi connectivity index (χ4n) is 3.86. The number of carbonyl (C=O) groups is 1. The minimum absolute atomic E-state index is 0.132. The zero-order valence-electron chi connectivity index (χ0n) is 15.9. The number of aromatic nitrogens is 1. The molecule has 0 N–H and O–H groups in total. The van der Waals surface area contributed by atoms with E-state index in [0.29, 0.717) is 13.0 Å². The van der Waals surface area contributed by atoms with E-state index in [0.717, 1.165) is 49.1 Å². The molecule has 0 aliphatic carbocycles. The average molecular weight is 367 g/mol. The van der Waals surface area contributed by atoms with Crippen molar-refractivity contribution in [1.29, 1.82) is 0 Å². The van der Waals surface area contributed by atoms with Crippen molar-refractivity contribution >= 4 is 11.7 Å². The Balaban J connectivity index is 1.39. The standard InChI is InChI=1S/C21H25N3O3/c1-15-4-3-7-22-20(15)23-8-10-24(11-9-23)21(25)17-12-16-13-18(26-2)5-6-19(16)27-14-17/h3-7,13,17H,8-12,14H2,1-2H3. The first-order valence-corrected chi connectivity index (χ1v) is 9.41. The Hall–Kier alpha value is -2.76. The molecule has 2 aliphatic rings. The molecule has 0 spiro atoms. The topological polar surface area (TPSA) is 54.9 Å². The maximum Gasteiger partial charge on any atom is 0.229 e. The van der Waals surface area contributed by atoms with Gasteiger partial charge in [0.25, 0.3) is 0 Å². The smallest absolute Gasteiger partial charge is 0.229 e. The molecule has 2 aliphatic heterocycles. The van der Waals surface area contributed by atoms with Gasteiger partial charge in [0.1, 0.15) is 23.9 Å². The third kappa shape index (κ3) is 3.56. The van der Waals surface area contributed by atoms with Crippen LogP contribution in [0, 0.1) is 12.8 Å². The highest BCUT2D eigenvalue weighted by molar-refractivity contribution is 5.80. The second-order valence-electron chi connectivity index (χ2n) is 7.14. The molecule has 1 aromatic carbocycles. The zero-order chi connectivity index (χ0) is 18.8. The number of pyridine rings is 1. The number of carbonyl (C=O) groups excluding carboxylic acids is 1. The molecule has 1 saturated heterocycles. The predicted octanol–water partition coefficient (Wildman–Crippen LogP) is 2.30. The highest BCUT2D eigenvalue weighted by Crippen LogP contribution is 2.31. The molecule has 1 aromatic heterocycles. The van der Waals surface area contributed by atoms with Crippen molar-refractivity contribution in [1.82, 2.24) is 9.88 Å². The molecule has 27 heavy (non-hydrogen) atoms. The van der Waals surface area contributed by atoms with Crippen LogP contribution in [0.1, 0.15) is 11.1 Å². The Labute approximate surface area is 159 Å². The Morgan fingerprint density at radius 3 is 2.78 bits per heavy atom. The van der Waals surface area contributed by atoms with Gasteiger partial charge in [-0.2, -0.15) is 0 Å². The number of hydrogen-bond donors (Lipinski definition) is 0. The van der Waals surface area contributed by atoms with Crippen molar-refractivity contribution in [3.05, 3.63) is 47.7 Å². The van der Waals surface area contributed by atoms with Gasteiger partial charge in [0.05, 0.1) is 13.0 Å².